The van der Waals surface area contributed by atoms with Crippen molar-refractivity contribution in [3.63, 3.8) is 0 Å². The van der Waals surface area contributed by atoms with Crippen LogP contribution in [0.2, 0.25) is 0 Å². The molecule has 0 amide bonds. The zero-order chi connectivity index (χ0) is 30.8. The first kappa shape index (κ1) is 27.3. The van der Waals surface area contributed by atoms with Crippen molar-refractivity contribution in [3.8, 4) is 33.8 Å². The first-order valence-corrected chi connectivity index (χ1v) is 16.8. The molecule has 3 aromatic heterocycles. The molecule has 218 valence electrons. The summed E-state index contributed by atoms with van der Waals surface area (Å²) in [5.74, 6) is 0. The molecule has 3 heterocycles. The Bertz CT molecular complexity index is 2340. The number of hydrogen-bond acceptors (Lipinski definition) is 1. The van der Waals surface area contributed by atoms with Crippen LogP contribution in [0.5, 0.6) is 0 Å². The summed E-state index contributed by atoms with van der Waals surface area (Å²) in [7, 11) is 0. The van der Waals surface area contributed by atoms with Crippen LogP contribution in [-0.2, 0) is 0 Å². The number of rotatable bonds is 4. The molecule has 0 aliphatic heterocycles. The second-order valence-corrected chi connectivity index (χ2v) is 13.0. The van der Waals surface area contributed by atoms with Crippen LogP contribution in [0.4, 0.5) is 0 Å². The Hall–Kier alpha value is -4.97. The van der Waals surface area contributed by atoms with Crippen LogP contribution in [0.3, 0.4) is 0 Å². The third-order valence-corrected chi connectivity index (χ3v) is 10.1. The number of benzene rings is 6. The third kappa shape index (κ3) is 4.12. The molecule has 0 unspecified atom stereocenters. The minimum Gasteiger partial charge on any atom is -0.309 e. The Morgan fingerprint density at radius 2 is 0.761 bits per heavy atom. The summed E-state index contributed by atoms with van der Waals surface area (Å²) < 4.78 is 6.44. The van der Waals surface area contributed by atoms with E-state index in [1.54, 1.807) is 0 Å². The number of aromatic nitrogens is 3. The van der Waals surface area contributed by atoms with Gasteiger partial charge in [0.1, 0.15) is 4.60 Å². The van der Waals surface area contributed by atoms with Gasteiger partial charge in [0.15, 0.2) is 0 Å². The quantitative estimate of drug-likeness (QED) is 0.166. The van der Waals surface area contributed by atoms with Gasteiger partial charge in [-0.2, -0.15) is 0 Å². The normalized spacial score (nSPS) is 11.7. The van der Waals surface area contributed by atoms with E-state index in [0.717, 1.165) is 42.8 Å². The lowest BCUT2D eigenvalue weighted by molar-refractivity contribution is 1.16. The molecule has 0 aliphatic carbocycles. The highest BCUT2D eigenvalue weighted by atomic mass is 79.9. The molecule has 0 atom stereocenters. The molecule has 9 aromatic rings. The highest BCUT2D eigenvalue weighted by molar-refractivity contribution is 9.11. The lowest BCUT2D eigenvalue weighted by Gasteiger charge is -2.18. The van der Waals surface area contributed by atoms with E-state index < -0.39 is 0 Å². The minimum absolute atomic E-state index is 0.788. The fourth-order valence-corrected chi connectivity index (χ4v) is 8.01. The van der Waals surface area contributed by atoms with E-state index in [0.29, 0.717) is 0 Å². The number of para-hydroxylation sites is 6. The first-order chi connectivity index (χ1) is 22.7. The van der Waals surface area contributed by atoms with Crippen LogP contribution in [0.25, 0.3) is 77.4 Å². The van der Waals surface area contributed by atoms with Crippen molar-refractivity contribution in [2.45, 2.75) is 0 Å². The molecule has 0 radical (unpaired) electrons. The largest absolute Gasteiger partial charge is 0.309 e. The molecule has 0 saturated heterocycles. The van der Waals surface area contributed by atoms with Crippen LogP contribution in [0.15, 0.2) is 161 Å². The second kappa shape index (κ2) is 10.8. The predicted molar refractivity (Wildman–Crippen MR) is 199 cm³/mol. The lowest BCUT2D eigenvalue weighted by Crippen LogP contribution is -2.01. The maximum absolute atomic E-state index is 5.24. The summed E-state index contributed by atoms with van der Waals surface area (Å²) in [5, 5.41) is 4.95. The summed E-state index contributed by atoms with van der Waals surface area (Å²) in [6, 6.07) is 53.7. The van der Waals surface area contributed by atoms with Crippen molar-refractivity contribution in [2.24, 2.45) is 0 Å². The molecule has 0 fully saturated rings. The summed E-state index contributed by atoms with van der Waals surface area (Å²) in [6.45, 7) is 0. The van der Waals surface area contributed by atoms with Crippen LogP contribution in [0, 0.1) is 0 Å². The average molecular weight is 719 g/mol. The van der Waals surface area contributed by atoms with Gasteiger partial charge in [0, 0.05) is 42.7 Å². The Labute approximate surface area is 282 Å². The number of fused-ring (bicyclic) bond motifs is 6. The van der Waals surface area contributed by atoms with E-state index in [-0.39, 0.29) is 0 Å². The number of nitrogens with zero attached hydrogens (tertiary/aromatic N) is 3. The lowest BCUT2D eigenvalue weighted by atomic mass is 10.0. The van der Waals surface area contributed by atoms with Gasteiger partial charge in [0.05, 0.1) is 39.1 Å². The van der Waals surface area contributed by atoms with Gasteiger partial charge >= 0.3 is 0 Å². The zero-order valence-electron chi connectivity index (χ0n) is 24.5. The van der Waals surface area contributed by atoms with Gasteiger partial charge in [-0.25, -0.2) is 4.98 Å². The number of hydrogen-bond donors (Lipinski definition) is 0. The Morgan fingerprint density at radius 3 is 1.24 bits per heavy atom. The molecule has 0 aliphatic rings. The van der Waals surface area contributed by atoms with Gasteiger partial charge in [-0.15, -0.1) is 0 Å². The highest BCUT2D eigenvalue weighted by Crippen LogP contribution is 2.42. The molecular weight excluding hydrogens is 694 g/mol. The predicted octanol–water partition coefficient (Wildman–Crippen LogP) is 12.1. The van der Waals surface area contributed by atoms with Gasteiger partial charge in [0.2, 0.25) is 0 Å². The SMILES string of the molecule is Brc1cc(-c2ccccc2-n2c3ccccc3c3ccccc32)c(Br)nc1-c1ccccc1-n1c2ccccc2c2ccccc21. The highest BCUT2D eigenvalue weighted by Gasteiger charge is 2.21. The fraction of sp³-hybridized carbons (Fsp3) is 0. The minimum atomic E-state index is 0.788. The van der Waals surface area contributed by atoms with Gasteiger partial charge in [-0.3, -0.25) is 0 Å². The van der Waals surface area contributed by atoms with Gasteiger partial charge in [-0.1, -0.05) is 109 Å². The van der Waals surface area contributed by atoms with E-state index in [1.807, 2.05) is 0 Å². The smallest absolute Gasteiger partial charge is 0.114 e. The Morgan fingerprint density at radius 1 is 0.391 bits per heavy atom. The van der Waals surface area contributed by atoms with Gasteiger partial charge < -0.3 is 9.13 Å². The molecule has 5 heteroatoms. The molecule has 0 N–H and O–H groups in total. The average Bonchev–Trinajstić information content (AvgIpc) is 3.62. The second-order valence-electron chi connectivity index (χ2n) is 11.4. The van der Waals surface area contributed by atoms with E-state index in [1.165, 1.54) is 43.6 Å². The molecule has 46 heavy (non-hydrogen) atoms. The summed E-state index contributed by atoms with van der Waals surface area (Å²) in [4.78, 5) is 5.24. The summed E-state index contributed by atoms with van der Waals surface area (Å²) in [5.41, 5.74) is 10.9. The molecule has 6 aromatic carbocycles. The van der Waals surface area contributed by atoms with Crippen molar-refractivity contribution in [3.05, 3.63) is 161 Å². The summed E-state index contributed by atoms with van der Waals surface area (Å²) >= 11 is 7.88. The fourth-order valence-electron chi connectivity index (χ4n) is 6.97. The van der Waals surface area contributed by atoms with E-state index >= 15 is 0 Å². The van der Waals surface area contributed by atoms with Crippen LogP contribution in [0.1, 0.15) is 0 Å². The summed E-state index contributed by atoms with van der Waals surface area (Å²) in [6.07, 6.45) is 0. The van der Waals surface area contributed by atoms with Crippen LogP contribution < -0.4 is 0 Å². The van der Waals surface area contributed by atoms with Crippen molar-refractivity contribution in [1.82, 2.24) is 14.1 Å². The topological polar surface area (TPSA) is 22.8 Å². The van der Waals surface area contributed by atoms with E-state index in [4.69, 9.17) is 4.98 Å². The zero-order valence-corrected chi connectivity index (χ0v) is 27.7. The van der Waals surface area contributed by atoms with Crippen molar-refractivity contribution < 1.29 is 0 Å². The van der Waals surface area contributed by atoms with E-state index in [9.17, 15) is 0 Å². The molecule has 0 bridgehead atoms. The van der Waals surface area contributed by atoms with Gasteiger partial charge in [0.25, 0.3) is 0 Å². The van der Waals surface area contributed by atoms with Crippen LogP contribution >= 0.6 is 31.9 Å². The van der Waals surface area contributed by atoms with Crippen molar-refractivity contribution in [2.75, 3.05) is 0 Å². The molecule has 0 saturated carbocycles. The molecule has 3 nitrogen and oxygen atoms in total. The third-order valence-electron chi connectivity index (χ3n) is 8.92. The molecule has 9 rings (SSSR count). The van der Waals surface area contributed by atoms with Crippen LogP contribution in [-0.4, -0.2) is 14.1 Å². The monoisotopic (exact) mass is 717 g/mol. The van der Waals surface area contributed by atoms with E-state index in [2.05, 4.69) is 193 Å². The first-order valence-electron chi connectivity index (χ1n) is 15.2. The Balaban J connectivity index is 1.25. The standard InChI is InChI=1S/C41H25Br2N3/c42-33-25-32(30-17-5-11-23-38(30)45-34-19-7-1-13-26(34)27-14-2-8-20-35(27)45)41(43)44-40(33)31-18-6-12-24-39(31)46-36-21-9-3-15-28(36)29-16-4-10-22-37(29)46/h1-25H. The maximum atomic E-state index is 5.24. The van der Waals surface area contributed by atoms with Gasteiger partial charge in [-0.05, 0) is 74.3 Å². The number of halogens is 2. The molecule has 0 spiro atoms. The van der Waals surface area contributed by atoms with Crippen molar-refractivity contribution in [1.29, 1.82) is 0 Å². The van der Waals surface area contributed by atoms with Crippen molar-refractivity contribution >= 4 is 75.5 Å². The molecular formula is C41H25Br2N3. The Kier molecular flexibility index (Phi) is 6.44. The maximum Gasteiger partial charge on any atom is 0.114 e. The number of pyridine rings is 1.